The third kappa shape index (κ3) is 4.39. The lowest BCUT2D eigenvalue weighted by atomic mass is 10.1. The van der Waals surface area contributed by atoms with E-state index in [9.17, 15) is 18.0 Å². The molecule has 0 aliphatic carbocycles. The van der Waals surface area contributed by atoms with Gasteiger partial charge in [-0.25, -0.2) is 4.79 Å². The van der Waals surface area contributed by atoms with Gasteiger partial charge in [0, 0.05) is 18.5 Å². The van der Waals surface area contributed by atoms with Crippen molar-refractivity contribution in [3.63, 3.8) is 0 Å². The fourth-order valence-electron chi connectivity index (χ4n) is 2.85. The highest BCUT2D eigenvalue weighted by Gasteiger charge is 2.38. The third-order valence-corrected chi connectivity index (χ3v) is 4.72. The average molecular weight is 411 g/mol. The van der Waals surface area contributed by atoms with Crippen LogP contribution in [0.3, 0.4) is 0 Å². The van der Waals surface area contributed by atoms with Crippen molar-refractivity contribution < 1.29 is 18.0 Å². The lowest BCUT2D eigenvalue weighted by Gasteiger charge is -2.10. The Labute approximate surface area is 164 Å². The molecular formula is C19H18ClF3N4O. The number of hydrogen-bond donors (Lipinski definition) is 2. The molecule has 0 fully saturated rings. The number of benzene rings is 2. The van der Waals surface area contributed by atoms with E-state index >= 15 is 0 Å². The number of nitrogens with one attached hydrogen (secondary N) is 2. The van der Waals surface area contributed by atoms with Crippen LogP contribution in [0.1, 0.15) is 17.8 Å². The van der Waals surface area contributed by atoms with Gasteiger partial charge in [-0.1, -0.05) is 48.0 Å². The molecule has 9 heteroatoms. The van der Waals surface area contributed by atoms with Crippen molar-refractivity contribution in [3.8, 4) is 0 Å². The summed E-state index contributed by atoms with van der Waals surface area (Å²) in [5, 5.41) is 10.5. The summed E-state index contributed by atoms with van der Waals surface area (Å²) in [5.74, 6) is 0. The zero-order valence-corrected chi connectivity index (χ0v) is 15.7. The van der Waals surface area contributed by atoms with E-state index < -0.39 is 16.9 Å². The Morgan fingerprint density at radius 1 is 1.18 bits per heavy atom. The number of alkyl halides is 3. The van der Waals surface area contributed by atoms with Gasteiger partial charge in [-0.2, -0.15) is 18.3 Å². The number of anilines is 1. The molecule has 3 aromatic rings. The van der Waals surface area contributed by atoms with Crippen LogP contribution in [-0.2, 0) is 12.7 Å². The second kappa shape index (κ2) is 8.10. The summed E-state index contributed by atoms with van der Waals surface area (Å²) in [6, 6.07) is 12.9. The van der Waals surface area contributed by atoms with Gasteiger partial charge in [-0.15, -0.1) is 0 Å². The van der Waals surface area contributed by atoms with Crippen LogP contribution in [0.15, 0.2) is 42.5 Å². The molecule has 1 aromatic heterocycles. The van der Waals surface area contributed by atoms with E-state index in [0.29, 0.717) is 12.1 Å². The summed E-state index contributed by atoms with van der Waals surface area (Å²) in [7, 11) is 0. The Bertz CT molecular complexity index is 995. The van der Waals surface area contributed by atoms with E-state index in [1.165, 1.54) is 11.6 Å². The molecule has 0 unspecified atom stereocenters. The molecule has 0 saturated carbocycles. The highest BCUT2D eigenvalue weighted by atomic mass is 35.5. The number of halogens is 4. The van der Waals surface area contributed by atoms with Crippen LogP contribution >= 0.6 is 11.6 Å². The van der Waals surface area contributed by atoms with Crippen LogP contribution in [-0.4, -0.2) is 22.4 Å². The maximum absolute atomic E-state index is 12.8. The van der Waals surface area contributed by atoms with Gasteiger partial charge < -0.3 is 10.6 Å². The van der Waals surface area contributed by atoms with Gasteiger partial charge in [0.2, 0.25) is 0 Å². The van der Waals surface area contributed by atoms with Crippen molar-refractivity contribution in [2.45, 2.75) is 26.1 Å². The van der Waals surface area contributed by atoms with Gasteiger partial charge in [-0.05, 0) is 24.8 Å². The minimum atomic E-state index is -4.59. The van der Waals surface area contributed by atoms with Crippen molar-refractivity contribution in [2.75, 3.05) is 11.9 Å². The molecule has 28 heavy (non-hydrogen) atoms. The highest BCUT2D eigenvalue weighted by molar-refractivity contribution is 6.31. The van der Waals surface area contributed by atoms with E-state index in [1.807, 2.05) is 36.4 Å². The quantitative estimate of drug-likeness (QED) is 0.566. The zero-order chi connectivity index (χ0) is 20.3. The lowest BCUT2D eigenvalue weighted by molar-refractivity contribution is -0.141. The first kappa shape index (κ1) is 20.0. The predicted octanol–water partition coefficient (Wildman–Crippen LogP) is 5.23. The molecule has 0 atom stereocenters. The molecule has 0 bridgehead atoms. The Morgan fingerprint density at radius 3 is 2.61 bits per heavy atom. The molecular weight excluding hydrogens is 393 g/mol. The molecule has 1 heterocycles. The number of hydrogen-bond acceptors (Lipinski definition) is 2. The number of nitrogens with zero attached hydrogens (tertiary/aromatic N) is 2. The number of fused-ring (bicyclic) bond motifs is 1. The highest BCUT2D eigenvalue weighted by Crippen LogP contribution is 2.35. The number of carbonyl (C=O) groups excluding carboxylic acids is 1. The molecule has 0 spiro atoms. The van der Waals surface area contributed by atoms with Crippen molar-refractivity contribution in [1.82, 2.24) is 15.1 Å². The van der Waals surface area contributed by atoms with Crippen molar-refractivity contribution in [3.05, 3.63) is 58.9 Å². The first-order valence-corrected chi connectivity index (χ1v) is 8.98. The fraction of sp³-hybridized carbons (Fsp3) is 0.263. The fourth-order valence-corrected chi connectivity index (χ4v) is 3.10. The zero-order valence-electron chi connectivity index (χ0n) is 15.0. The van der Waals surface area contributed by atoms with E-state index in [1.54, 1.807) is 6.07 Å². The molecule has 2 aromatic carbocycles. The van der Waals surface area contributed by atoms with E-state index in [4.69, 9.17) is 11.6 Å². The second-order valence-electron chi connectivity index (χ2n) is 6.23. The minimum absolute atomic E-state index is 0.205. The predicted molar refractivity (Wildman–Crippen MR) is 103 cm³/mol. The van der Waals surface area contributed by atoms with Crippen LogP contribution in [0, 0.1) is 6.92 Å². The minimum Gasteiger partial charge on any atom is -0.338 e. The van der Waals surface area contributed by atoms with Crippen LogP contribution in [0.25, 0.3) is 10.8 Å². The van der Waals surface area contributed by atoms with Gasteiger partial charge in [0.1, 0.15) is 0 Å². The van der Waals surface area contributed by atoms with E-state index in [2.05, 4.69) is 15.7 Å². The summed E-state index contributed by atoms with van der Waals surface area (Å²) in [6.45, 7) is 1.95. The van der Waals surface area contributed by atoms with Crippen LogP contribution in [0.2, 0.25) is 5.02 Å². The topological polar surface area (TPSA) is 59.0 Å². The Kier molecular flexibility index (Phi) is 5.79. The van der Waals surface area contributed by atoms with Gasteiger partial charge >= 0.3 is 12.2 Å². The standard InChI is InChI=1S/C19H18ClF3N4O/c1-12-16(20)17(19(21,22)23)26-27(12)11-5-10-24-18(28)25-15-9-4-7-13-6-2-3-8-14(13)15/h2-4,6-9H,5,10-11H2,1H3,(H2,24,25,28). The Balaban J connectivity index is 1.54. The van der Waals surface area contributed by atoms with Crippen LogP contribution < -0.4 is 10.6 Å². The molecule has 2 N–H and O–H groups in total. The number of aryl methyl sites for hydroxylation is 1. The summed E-state index contributed by atoms with van der Waals surface area (Å²) in [4.78, 5) is 12.1. The molecule has 0 saturated heterocycles. The number of amides is 2. The van der Waals surface area contributed by atoms with Crippen LogP contribution in [0.4, 0.5) is 23.7 Å². The largest absolute Gasteiger partial charge is 0.436 e. The summed E-state index contributed by atoms with van der Waals surface area (Å²) >= 11 is 5.72. The molecule has 5 nitrogen and oxygen atoms in total. The van der Waals surface area contributed by atoms with Crippen molar-refractivity contribution in [2.24, 2.45) is 0 Å². The smallest absolute Gasteiger partial charge is 0.338 e. The Hall–Kier alpha value is -2.74. The summed E-state index contributed by atoms with van der Waals surface area (Å²) < 4.78 is 39.7. The number of rotatable bonds is 5. The van der Waals surface area contributed by atoms with Gasteiger partial charge in [0.25, 0.3) is 0 Å². The van der Waals surface area contributed by atoms with Crippen molar-refractivity contribution >= 4 is 34.1 Å². The van der Waals surface area contributed by atoms with Crippen LogP contribution in [0.5, 0.6) is 0 Å². The van der Waals surface area contributed by atoms with Crippen molar-refractivity contribution in [1.29, 1.82) is 0 Å². The average Bonchev–Trinajstić information content (AvgIpc) is 2.94. The molecule has 0 aliphatic rings. The third-order valence-electron chi connectivity index (χ3n) is 4.27. The monoisotopic (exact) mass is 410 g/mol. The molecule has 3 rings (SSSR count). The molecule has 148 valence electrons. The molecule has 0 aliphatic heterocycles. The van der Waals surface area contributed by atoms with Gasteiger partial charge in [0.15, 0.2) is 5.69 Å². The number of aromatic nitrogens is 2. The lowest BCUT2D eigenvalue weighted by Crippen LogP contribution is -2.30. The maximum atomic E-state index is 12.8. The second-order valence-corrected chi connectivity index (χ2v) is 6.61. The molecule has 2 amide bonds. The number of urea groups is 1. The summed E-state index contributed by atoms with van der Waals surface area (Å²) in [5.41, 5.74) is -0.164. The number of carbonyl (C=O) groups is 1. The van der Waals surface area contributed by atoms with Gasteiger partial charge in [-0.3, -0.25) is 4.68 Å². The van der Waals surface area contributed by atoms with E-state index in [-0.39, 0.29) is 24.8 Å². The van der Waals surface area contributed by atoms with E-state index in [0.717, 1.165) is 10.8 Å². The Morgan fingerprint density at radius 2 is 1.89 bits per heavy atom. The van der Waals surface area contributed by atoms with Gasteiger partial charge in [0.05, 0.1) is 16.4 Å². The normalized spacial score (nSPS) is 11.6. The first-order valence-electron chi connectivity index (χ1n) is 8.60. The maximum Gasteiger partial charge on any atom is 0.436 e. The first-order chi connectivity index (χ1) is 13.3. The summed E-state index contributed by atoms with van der Waals surface area (Å²) in [6.07, 6.45) is -4.19. The molecule has 0 radical (unpaired) electrons. The SMILES string of the molecule is Cc1c(Cl)c(C(F)(F)F)nn1CCCNC(=O)Nc1cccc2ccccc12.